The van der Waals surface area contributed by atoms with Gasteiger partial charge in [-0.15, -0.1) is 0 Å². The van der Waals surface area contributed by atoms with Crippen LogP contribution in [-0.2, 0) is 19.2 Å². The number of hydrogen-bond acceptors (Lipinski definition) is 6. The van der Waals surface area contributed by atoms with Crippen molar-refractivity contribution in [3.05, 3.63) is 36.2 Å². The first kappa shape index (κ1) is 35.2. The Labute approximate surface area is 264 Å². The van der Waals surface area contributed by atoms with Crippen LogP contribution in [0.3, 0.4) is 0 Å². The van der Waals surface area contributed by atoms with Crippen molar-refractivity contribution < 1.29 is 19.2 Å². The summed E-state index contributed by atoms with van der Waals surface area (Å²) in [5.74, 6) is -0.727. The second kappa shape index (κ2) is 15.1. The summed E-state index contributed by atoms with van der Waals surface area (Å²) in [6, 6.07) is 1.73. The van der Waals surface area contributed by atoms with E-state index in [9.17, 15) is 19.2 Å². The Hall–Kier alpha value is -3.27. The fourth-order valence-electron chi connectivity index (χ4n) is 6.34. The van der Waals surface area contributed by atoms with Crippen LogP contribution < -0.4 is 10.6 Å². The van der Waals surface area contributed by atoms with Gasteiger partial charge < -0.3 is 20.4 Å². The van der Waals surface area contributed by atoms with E-state index in [0.29, 0.717) is 24.2 Å². The third kappa shape index (κ3) is 8.67. The fourth-order valence-corrected chi connectivity index (χ4v) is 6.34. The van der Waals surface area contributed by atoms with E-state index >= 15 is 0 Å². The van der Waals surface area contributed by atoms with Gasteiger partial charge in [0.25, 0.3) is 0 Å². The quantitative estimate of drug-likeness (QED) is 0.383. The number of nitrogens with one attached hydrogen (secondary N) is 2. The monoisotopic (exact) mass is 610 g/mol. The molecule has 3 rings (SSSR count). The van der Waals surface area contributed by atoms with E-state index in [0.717, 1.165) is 32.2 Å². The van der Waals surface area contributed by atoms with Gasteiger partial charge >= 0.3 is 0 Å². The molecule has 1 aromatic heterocycles. The minimum Gasteiger partial charge on any atom is -0.342 e. The molecule has 4 amide bonds. The minimum absolute atomic E-state index is 0.00200. The first-order valence-corrected chi connectivity index (χ1v) is 16.2. The lowest BCUT2D eigenvalue weighted by molar-refractivity contribution is -0.142. The maximum atomic E-state index is 14.1. The van der Waals surface area contributed by atoms with Crippen molar-refractivity contribution in [3.8, 4) is 0 Å². The molecule has 3 heterocycles. The molecule has 0 bridgehead atoms. The number of aromatic nitrogens is 1. The molecule has 2 aliphatic heterocycles. The Morgan fingerprint density at radius 2 is 1.59 bits per heavy atom. The molecule has 0 aliphatic carbocycles. The van der Waals surface area contributed by atoms with Crippen molar-refractivity contribution in [2.75, 3.05) is 25.5 Å². The van der Waals surface area contributed by atoms with Crippen molar-refractivity contribution in [1.29, 1.82) is 0 Å². The SMILES string of the molecule is C/C(=C\[C@H](C(C)C)N(C)C(=O)C(NC(=O)C1CCCCN1C(C)C)C(C)(C)C)C(=O)N1CCCC1C(=O)Nc1ccncc1. The van der Waals surface area contributed by atoms with Crippen LogP contribution in [0.25, 0.3) is 0 Å². The first-order valence-electron chi connectivity index (χ1n) is 16.2. The molecular formula is C34H54N6O4. The van der Waals surface area contributed by atoms with Gasteiger partial charge in [-0.3, -0.25) is 29.1 Å². The molecular weight excluding hydrogens is 556 g/mol. The number of pyridine rings is 1. The zero-order chi connectivity index (χ0) is 32.8. The van der Waals surface area contributed by atoms with Crippen LogP contribution in [0.2, 0.25) is 0 Å². The highest BCUT2D eigenvalue weighted by Gasteiger charge is 2.40. The number of carbonyl (C=O) groups excluding carboxylic acids is 4. The smallest absolute Gasteiger partial charge is 0.249 e. The summed E-state index contributed by atoms with van der Waals surface area (Å²) in [5, 5.41) is 6.02. The van der Waals surface area contributed by atoms with Crippen LogP contribution in [0.1, 0.15) is 87.5 Å². The van der Waals surface area contributed by atoms with Gasteiger partial charge in [0.2, 0.25) is 23.6 Å². The predicted octanol–water partition coefficient (Wildman–Crippen LogP) is 4.23. The summed E-state index contributed by atoms with van der Waals surface area (Å²) in [5.41, 5.74) is 0.592. The van der Waals surface area contributed by atoms with E-state index in [1.54, 1.807) is 48.3 Å². The Morgan fingerprint density at radius 3 is 2.18 bits per heavy atom. The molecule has 10 nitrogen and oxygen atoms in total. The number of nitrogens with zero attached hydrogens (tertiary/aromatic N) is 4. The van der Waals surface area contributed by atoms with Crippen LogP contribution in [-0.4, -0.2) is 93.7 Å². The van der Waals surface area contributed by atoms with Gasteiger partial charge in [0.1, 0.15) is 12.1 Å². The summed E-state index contributed by atoms with van der Waals surface area (Å²) in [7, 11) is 1.74. The highest BCUT2D eigenvalue weighted by molar-refractivity contribution is 6.01. The number of rotatable bonds is 10. The largest absolute Gasteiger partial charge is 0.342 e. The van der Waals surface area contributed by atoms with Crippen molar-refractivity contribution in [1.82, 2.24) is 25.0 Å². The number of piperidine rings is 1. The molecule has 4 atom stereocenters. The number of likely N-dealkylation sites (N-methyl/N-ethyl adjacent to an activating group) is 1. The fraction of sp³-hybridized carbons (Fsp3) is 0.676. The summed E-state index contributed by atoms with van der Waals surface area (Å²) in [6.45, 7) is 17.2. The van der Waals surface area contributed by atoms with Crippen LogP contribution in [0.4, 0.5) is 5.69 Å². The van der Waals surface area contributed by atoms with Gasteiger partial charge in [-0.2, -0.15) is 0 Å². The van der Waals surface area contributed by atoms with E-state index in [4.69, 9.17) is 0 Å². The molecule has 3 unspecified atom stereocenters. The molecule has 10 heteroatoms. The Morgan fingerprint density at radius 1 is 0.955 bits per heavy atom. The first-order chi connectivity index (χ1) is 20.6. The highest BCUT2D eigenvalue weighted by atomic mass is 16.2. The highest BCUT2D eigenvalue weighted by Crippen LogP contribution is 2.27. The molecule has 0 spiro atoms. The molecule has 0 radical (unpaired) electrons. The van der Waals surface area contributed by atoms with E-state index in [1.807, 2.05) is 40.7 Å². The number of carbonyl (C=O) groups is 4. The molecule has 1 aromatic rings. The Balaban J connectivity index is 1.77. The normalized spacial score (nSPS) is 21.2. The van der Waals surface area contributed by atoms with Crippen LogP contribution >= 0.6 is 0 Å². The van der Waals surface area contributed by atoms with Gasteiger partial charge in [0.15, 0.2) is 0 Å². The van der Waals surface area contributed by atoms with Crippen LogP contribution in [0, 0.1) is 11.3 Å². The van der Waals surface area contributed by atoms with Gasteiger partial charge in [0, 0.05) is 43.3 Å². The zero-order valence-electron chi connectivity index (χ0n) is 28.2. The standard InChI is InChI=1S/C34H54N6O4/c1-22(2)28(21-24(5)32(43)40-20-12-14-27(40)30(41)36-25-15-17-35-18-16-25)38(9)33(44)29(34(6,7)8)37-31(42)26-13-10-11-19-39(26)23(3)4/h15-18,21-23,26-29H,10-14,19-20H2,1-9H3,(H,37,42)(H,35,36,41)/b24-21+/t26?,27?,28-,29?/m1/s1. The third-order valence-electron chi connectivity index (χ3n) is 8.91. The second-order valence-corrected chi connectivity index (χ2v) is 14.1. The summed E-state index contributed by atoms with van der Waals surface area (Å²) in [4.78, 5) is 63.9. The summed E-state index contributed by atoms with van der Waals surface area (Å²) in [6.07, 6.45) is 9.22. The number of amides is 4. The summed E-state index contributed by atoms with van der Waals surface area (Å²) >= 11 is 0. The molecule has 0 aromatic carbocycles. The average Bonchev–Trinajstić information content (AvgIpc) is 3.47. The van der Waals surface area contributed by atoms with Crippen LogP contribution in [0.5, 0.6) is 0 Å². The number of anilines is 1. The average molecular weight is 611 g/mol. The third-order valence-corrected chi connectivity index (χ3v) is 8.91. The number of hydrogen-bond donors (Lipinski definition) is 2. The van der Waals surface area contributed by atoms with Crippen molar-refractivity contribution in [3.63, 3.8) is 0 Å². The lowest BCUT2D eigenvalue weighted by Crippen LogP contribution is -2.60. The molecule has 2 saturated heterocycles. The summed E-state index contributed by atoms with van der Waals surface area (Å²) < 4.78 is 0. The molecule has 0 saturated carbocycles. The van der Waals surface area contributed by atoms with Gasteiger partial charge in [-0.25, -0.2) is 0 Å². The van der Waals surface area contributed by atoms with E-state index in [1.165, 1.54) is 0 Å². The molecule has 244 valence electrons. The molecule has 44 heavy (non-hydrogen) atoms. The van der Waals surface area contributed by atoms with Gasteiger partial charge in [-0.05, 0) is 76.5 Å². The van der Waals surface area contributed by atoms with Gasteiger partial charge in [0.05, 0.1) is 12.1 Å². The van der Waals surface area contributed by atoms with Gasteiger partial charge in [-0.1, -0.05) is 47.1 Å². The van der Waals surface area contributed by atoms with E-state index in [2.05, 4.69) is 34.4 Å². The lowest BCUT2D eigenvalue weighted by Gasteiger charge is -2.41. The predicted molar refractivity (Wildman–Crippen MR) is 174 cm³/mol. The molecule has 2 N–H and O–H groups in total. The second-order valence-electron chi connectivity index (χ2n) is 14.1. The Bertz CT molecular complexity index is 1190. The van der Waals surface area contributed by atoms with Crippen molar-refractivity contribution >= 4 is 29.3 Å². The Kier molecular flexibility index (Phi) is 12.1. The lowest BCUT2D eigenvalue weighted by atomic mass is 9.84. The van der Waals surface area contributed by atoms with E-state index < -0.39 is 17.5 Å². The van der Waals surface area contributed by atoms with Crippen molar-refractivity contribution in [2.24, 2.45) is 11.3 Å². The number of likely N-dealkylation sites (tertiary alicyclic amines) is 2. The molecule has 2 aliphatic rings. The zero-order valence-corrected chi connectivity index (χ0v) is 28.2. The molecule has 2 fully saturated rings. The van der Waals surface area contributed by atoms with E-state index in [-0.39, 0.29) is 47.7 Å². The van der Waals surface area contributed by atoms with Crippen molar-refractivity contribution in [2.45, 2.75) is 118 Å². The minimum atomic E-state index is -0.735. The maximum Gasteiger partial charge on any atom is 0.249 e. The topological polar surface area (TPSA) is 115 Å². The van der Waals surface area contributed by atoms with Crippen LogP contribution in [0.15, 0.2) is 36.2 Å². The maximum absolute atomic E-state index is 14.1.